The van der Waals surface area contributed by atoms with Gasteiger partial charge in [-0.2, -0.15) is 5.10 Å². The van der Waals surface area contributed by atoms with E-state index in [1.807, 2.05) is 39.1 Å². The molecule has 0 aliphatic carbocycles. The zero-order valence-electron chi connectivity index (χ0n) is 15.3. The van der Waals surface area contributed by atoms with Crippen molar-refractivity contribution in [1.82, 2.24) is 15.1 Å². The number of aryl methyl sites for hydroxylation is 2. The maximum atomic E-state index is 12.9. The van der Waals surface area contributed by atoms with Gasteiger partial charge in [0.1, 0.15) is 0 Å². The first-order chi connectivity index (χ1) is 12.1. The number of ether oxygens (including phenoxy) is 1. The molecule has 0 bridgehead atoms. The summed E-state index contributed by atoms with van der Waals surface area (Å²) < 4.78 is 7.24. The summed E-state index contributed by atoms with van der Waals surface area (Å²) in [6.45, 7) is 5.46. The summed E-state index contributed by atoms with van der Waals surface area (Å²) in [5.41, 5.74) is 3.51. The zero-order valence-corrected chi connectivity index (χ0v) is 15.3. The van der Waals surface area contributed by atoms with Crippen molar-refractivity contribution >= 4 is 5.91 Å². The Bertz CT molecular complexity index is 718. The topological polar surface area (TPSA) is 56.2 Å². The van der Waals surface area contributed by atoms with Gasteiger partial charge in [0.2, 0.25) is 0 Å². The molecule has 1 aliphatic heterocycles. The molecule has 5 nitrogen and oxygen atoms in total. The minimum Gasteiger partial charge on any atom is -0.381 e. The fourth-order valence-corrected chi connectivity index (χ4v) is 3.61. The van der Waals surface area contributed by atoms with E-state index in [1.165, 1.54) is 0 Å². The van der Waals surface area contributed by atoms with Gasteiger partial charge in [0.25, 0.3) is 5.91 Å². The lowest BCUT2D eigenvalue weighted by atomic mass is 9.89. The molecule has 0 spiro atoms. The molecular weight excluding hydrogens is 314 g/mol. The smallest absolute Gasteiger partial charge is 0.255 e. The molecule has 25 heavy (non-hydrogen) atoms. The van der Waals surface area contributed by atoms with E-state index in [4.69, 9.17) is 4.74 Å². The van der Waals surface area contributed by atoms with Crippen molar-refractivity contribution in [3.63, 3.8) is 0 Å². The molecule has 1 saturated heterocycles. The maximum Gasteiger partial charge on any atom is 0.255 e. The normalized spacial score (nSPS) is 16.6. The van der Waals surface area contributed by atoms with Gasteiger partial charge in [0.05, 0.1) is 17.3 Å². The predicted molar refractivity (Wildman–Crippen MR) is 97.5 cm³/mol. The fraction of sp³-hybridized carbons (Fsp3) is 0.500. The van der Waals surface area contributed by atoms with Crippen LogP contribution in [0.25, 0.3) is 0 Å². The van der Waals surface area contributed by atoms with E-state index in [0.717, 1.165) is 49.4 Å². The first-order valence-corrected chi connectivity index (χ1v) is 9.00. The van der Waals surface area contributed by atoms with Gasteiger partial charge < -0.3 is 10.1 Å². The monoisotopic (exact) mass is 341 g/mol. The quantitative estimate of drug-likeness (QED) is 0.907. The molecule has 1 aromatic carbocycles. The van der Waals surface area contributed by atoms with E-state index in [1.54, 1.807) is 4.68 Å². The first-order valence-electron chi connectivity index (χ1n) is 9.00. The van der Waals surface area contributed by atoms with Crippen molar-refractivity contribution in [2.45, 2.75) is 39.2 Å². The SMILES string of the molecule is Cc1nn(C)c(C)c1C(=O)N[C@H](CC1CCOCC1)c1ccccc1. The van der Waals surface area contributed by atoms with Gasteiger partial charge in [-0.25, -0.2) is 0 Å². The molecule has 2 heterocycles. The lowest BCUT2D eigenvalue weighted by Gasteiger charge is -2.27. The third-order valence-corrected chi connectivity index (χ3v) is 5.15. The second kappa shape index (κ2) is 7.83. The van der Waals surface area contributed by atoms with Crippen molar-refractivity contribution < 1.29 is 9.53 Å². The molecule has 0 saturated carbocycles. The molecule has 1 N–H and O–H groups in total. The molecule has 0 radical (unpaired) electrons. The Kier molecular flexibility index (Phi) is 5.53. The lowest BCUT2D eigenvalue weighted by Crippen LogP contribution is -2.32. The highest BCUT2D eigenvalue weighted by atomic mass is 16.5. The maximum absolute atomic E-state index is 12.9. The van der Waals surface area contributed by atoms with Crippen LogP contribution in [0, 0.1) is 19.8 Å². The standard InChI is InChI=1S/C20H27N3O2/c1-14-19(15(2)23(3)22-14)20(24)21-18(17-7-5-4-6-8-17)13-16-9-11-25-12-10-16/h4-8,16,18H,9-13H2,1-3H3,(H,21,24)/t18-/m1/s1. The van der Waals surface area contributed by atoms with Crippen LogP contribution in [-0.2, 0) is 11.8 Å². The van der Waals surface area contributed by atoms with Crippen molar-refractivity contribution in [2.75, 3.05) is 13.2 Å². The highest BCUT2D eigenvalue weighted by Gasteiger charge is 2.25. The summed E-state index contributed by atoms with van der Waals surface area (Å²) in [6.07, 6.45) is 3.06. The van der Waals surface area contributed by atoms with Gasteiger partial charge in [-0.1, -0.05) is 30.3 Å². The summed E-state index contributed by atoms with van der Waals surface area (Å²) in [7, 11) is 1.87. The molecule has 3 rings (SSSR count). The largest absolute Gasteiger partial charge is 0.381 e. The van der Waals surface area contributed by atoms with Crippen LogP contribution in [0.15, 0.2) is 30.3 Å². The van der Waals surface area contributed by atoms with Crippen molar-refractivity contribution in [3.8, 4) is 0 Å². The number of carbonyl (C=O) groups excluding carboxylic acids is 1. The molecule has 1 aromatic heterocycles. The second-order valence-corrected chi connectivity index (χ2v) is 6.90. The van der Waals surface area contributed by atoms with Crippen LogP contribution in [0.5, 0.6) is 0 Å². The minimum absolute atomic E-state index is 0.0100. The number of carbonyl (C=O) groups is 1. The van der Waals surface area contributed by atoms with E-state index < -0.39 is 0 Å². The fourth-order valence-electron chi connectivity index (χ4n) is 3.61. The summed E-state index contributed by atoms with van der Waals surface area (Å²) in [5, 5.41) is 7.63. The Morgan fingerprint density at radius 1 is 1.28 bits per heavy atom. The molecule has 134 valence electrons. The Labute approximate surface area is 149 Å². The Hall–Kier alpha value is -2.14. The molecule has 2 aromatic rings. The van der Waals surface area contributed by atoms with Crippen LogP contribution in [0.3, 0.4) is 0 Å². The van der Waals surface area contributed by atoms with E-state index in [2.05, 4.69) is 22.5 Å². The third kappa shape index (κ3) is 4.10. The average Bonchev–Trinajstić information content (AvgIpc) is 2.88. The third-order valence-electron chi connectivity index (χ3n) is 5.15. The van der Waals surface area contributed by atoms with Gasteiger partial charge in [-0.05, 0) is 44.6 Å². The Morgan fingerprint density at radius 2 is 1.96 bits per heavy atom. The molecule has 1 atom stereocenters. The average molecular weight is 341 g/mol. The van der Waals surface area contributed by atoms with Gasteiger partial charge in [0.15, 0.2) is 0 Å². The molecule has 1 aliphatic rings. The number of benzene rings is 1. The second-order valence-electron chi connectivity index (χ2n) is 6.90. The summed E-state index contributed by atoms with van der Waals surface area (Å²) in [6, 6.07) is 10.3. The highest BCUT2D eigenvalue weighted by molar-refractivity contribution is 5.96. The summed E-state index contributed by atoms with van der Waals surface area (Å²) >= 11 is 0. The number of aromatic nitrogens is 2. The van der Waals surface area contributed by atoms with Gasteiger partial charge in [0, 0.05) is 26.0 Å². The minimum atomic E-state index is -0.0380. The van der Waals surface area contributed by atoms with Crippen molar-refractivity contribution in [3.05, 3.63) is 52.8 Å². The summed E-state index contributed by atoms with van der Waals surface area (Å²) in [5.74, 6) is 0.541. The number of hydrogen-bond acceptors (Lipinski definition) is 3. The molecule has 5 heteroatoms. The van der Waals surface area contributed by atoms with E-state index >= 15 is 0 Å². The van der Waals surface area contributed by atoms with Gasteiger partial charge >= 0.3 is 0 Å². The van der Waals surface area contributed by atoms with Crippen LogP contribution in [0.4, 0.5) is 0 Å². The highest BCUT2D eigenvalue weighted by Crippen LogP contribution is 2.28. The van der Waals surface area contributed by atoms with Crippen LogP contribution >= 0.6 is 0 Å². The molecular formula is C20H27N3O2. The van der Waals surface area contributed by atoms with Crippen molar-refractivity contribution in [2.24, 2.45) is 13.0 Å². The number of rotatable bonds is 5. The summed E-state index contributed by atoms with van der Waals surface area (Å²) in [4.78, 5) is 12.9. The molecule has 1 fully saturated rings. The van der Waals surface area contributed by atoms with Gasteiger partial charge in [-0.15, -0.1) is 0 Å². The van der Waals surface area contributed by atoms with E-state index in [9.17, 15) is 4.79 Å². The number of nitrogens with zero attached hydrogens (tertiary/aromatic N) is 2. The Morgan fingerprint density at radius 3 is 2.56 bits per heavy atom. The predicted octanol–water partition coefficient (Wildman–Crippen LogP) is 3.32. The molecule has 1 amide bonds. The van der Waals surface area contributed by atoms with Crippen LogP contribution < -0.4 is 5.32 Å². The lowest BCUT2D eigenvalue weighted by molar-refractivity contribution is 0.0597. The van der Waals surface area contributed by atoms with Crippen LogP contribution in [0.2, 0.25) is 0 Å². The first kappa shape index (κ1) is 17.7. The number of hydrogen-bond donors (Lipinski definition) is 1. The number of nitrogens with one attached hydrogen (secondary N) is 1. The van der Waals surface area contributed by atoms with Crippen molar-refractivity contribution in [1.29, 1.82) is 0 Å². The number of amides is 1. The van der Waals surface area contributed by atoms with E-state index in [-0.39, 0.29) is 11.9 Å². The Balaban J connectivity index is 1.80. The molecule has 0 unspecified atom stereocenters. The van der Waals surface area contributed by atoms with Crippen LogP contribution in [0.1, 0.15) is 52.6 Å². The van der Waals surface area contributed by atoms with Gasteiger partial charge in [-0.3, -0.25) is 9.48 Å². The van der Waals surface area contributed by atoms with Crippen LogP contribution in [-0.4, -0.2) is 28.9 Å². The zero-order chi connectivity index (χ0) is 17.8. The van der Waals surface area contributed by atoms with E-state index in [0.29, 0.717) is 11.5 Å².